The summed E-state index contributed by atoms with van der Waals surface area (Å²) in [4.78, 5) is 4.53. The molecule has 2 aromatic heterocycles. The third-order valence-electron chi connectivity index (χ3n) is 5.67. The third kappa shape index (κ3) is 4.43. The van der Waals surface area contributed by atoms with Crippen LogP contribution in [0, 0.1) is 3.57 Å². The van der Waals surface area contributed by atoms with E-state index in [1.54, 1.807) is 6.20 Å². The highest BCUT2D eigenvalue weighted by atomic mass is 127. The largest absolute Gasteiger partial charge is 0.530 e. The average Bonchev–Trinajstić information content (AvgIpc) is 3.10. The Bertz CT molecular complexity index is 915. The van der Waals surface area contributed by atoms with Gasteiger partial charge in [0.2, 0.25) is 5.88 Å². The van der Waals surface area contributed by atoms with Crippen LogP contribution in [0.25, 0.3) is 17.1 Å². The predicted molar refractivity (Wildman–Crippen MR) is 131 cm³/mol. The van der Waals surface area contributed by atoms with Crippen molar-refractivity contribution in [2.75, 3.05) is 0 Å². The van der Waals surface area contributed by atoms with E-state index in [9.17, 15) is 0 Å². The van der Waals surface area contributed by atoms with E-state index >= 15 is 0 Å². The molecule has 0 aliphatic heterocycles. The van der Waals surface area contributed by atoms with Crippen LogP contribution < -0.4 is 4.43 Å². The Balaban J connectivity index is 2.14. The molecule has 0 aliphatic carbocycles. The van der Waals surface area contributed by atoms with Crippen LogP contribution in [-0.2, 0) is 0 Å². The lowest BCUT2D eigenvalue weighted by Gasteiger charge is -2.41. The second kappa shape index (κ2) is 9.00. The van der Waals surface area contributed by atoms with E-state index in [-0.39, 0.29) is 0 Å². The van der Waals surface area contributed by atoms with Crippen molar-refractivity contribution in [2.45, 2.75) is 58.2 Å². The van der Waals surface area contributed by atoms with E-state index in [4.69, 9.17) is 9.52 Å². The molecule has 0 amide bonds. The van der Waals surface area contributed by atoms with Gasteiger partial charge in [-0.2, -0.15) is 9.78 Å². The predicted octanol–water partition coefficient (Wildman–Crippen LogP) is 7.09. The van der Waals surface area contributed by atoms with Gasteiger partial charge in [0.1, 0.15) is 0 Å². The topological polar surface area (TPSA) is 39.9 Å². The zero-order valence-corrected chi connectivity index (χ0v) is 21.2. The number of nitrogens with zero attached hydrogens (tertiary/aromatic N) is 3. The number of benzene rings is 1. The Morgan fingerprint density at radius 3 is 2.03 bits per heavy atom. The summed E-state index contributed by atoms with van der Waals surface area (Å²) in [6, 6.07) is 16.4. The molecule has 0 radical (unpaired) electrons. The first-order valence-electron chi connectivity index (χ1n) is 10.2. The fourth-order valence-corrected chi connectivity index (χ4v) is 9.95. The Kier molecular flexibility index (Phi) is 6.83. The Morgan fingerprint density at radius 1 is 0.897 bits per heavy atom. The molecule has 154 valence electrons. The fraction of sp³-hybridized carbons (Fsp3) is 0.391. The van der Waals surface area contributed by atoms with Crippen LogP contribution >= 0.6 is 22.6 Å². The molecular formula is C23H30IN3OSi. The van der Waals surface area contributed by atoms with Gasteiger partial charge in [0.05, 0.1) is 5.69 Å². The summed E-state index contributed by atoms with van der Waals surface area (Å²) in [5, 5.41) is 4.89. The van der Waals surface area contributed by atoms with Gasteiger partial charge < -0.3 is 4.43 Å². The number of halogens is 1. The van der Waals surface area contributed by atoms with Gasteiger partial charge in [-0.1, -0.05) is 59.7 Å². The summed E-state index contributed by atoms with van der Waals surface area (Å²) in [6.45, 7) is 13.8. The van der Waals surface area contributed by atoms with Crippen LogP contribution in [0.3, 0.4) is 0 Å². The molecule has 0 aliphatic rings. The van der Waals surface area contributed by atoms with Crippen LogP contribution in [0.2, 0.25) is 16.6 Å². The van der Waals surface area contributed by atoms with Crippen LogP contribution in [0.4, 0.5) is 0 Å². The molecule has 0 spiro atoms. The van der Waals surface area contributed by atoms with Crippen molar-refractivity contribution in [3.8, 4) is 23.0 Å². The Morgan fingerprint density at radius 2 is 1.52 bits per heavy atom. The molecule has 3 rings (SSSR count). The lowest BCUT2D eigenvalue weighted by atomic mass is 10.2. The van der Waals surface area contributed by atoms with Gasteiger partial charge in [-0.05, 0) is 63.5 Å². The molecule has 3 aromatic rings. The highest BCUT2D eigenvalue weighted by Gasteiger charge is 2.47. The van der Waals surface area contributed by atoms with E-state index < -0.39 is 8.32 Å². The first-order valence-corrected chi connectivity index (χ1v) is 13.4. The number of rotatable bonds is 7. The maximum atomic E-state index is 7.00. The van der Waals surface area contributed by atoms with Crippen LogP contribution in [0.15, 0.2) is 54.7 Å². The normalized spacial score (nSPS) is 12.2. The molecule has 29 heavy (non-hydrogen) atoms. The summed E-state index contributed by atoms with van der Waals surface area (Å²) in [5.74, 6) is 1.57. The lowest BCUT2D eigenvalue weighted by Crippen LogP contribution is -2.51. The number of hydrogen-bond donors (Lipinski definition) is 0. The van der Waals surface area contributed by atoms with Gasteiger partial charge in [0, 0.05) is 21.4 Å². The maximum Gasteiger partial charge on any atom is 0.260 e. The number of pyridine rings is 1. The van der Waals surface area contributed by atoms with Crippen molar-refractivity contribution in [3.63, 3.8) is 0 Å². The minimum absolute atomic E-state index is 0.483. The average molecular weight is 520 g/mol. The first kappa shape index (κ1) is 22.0. The molecule has 0 saturated heterocycles. The van der Waals surface area contributed by atoms with Crippen LogP contribution in [-0.4, -0.2) is 23.1 Å². The minimum atomic E-state index is -2.12. The highest BCUT2D eigenvalue weighted by molar-refractivity contribution is 14.1. The monoisotopic (exact) mass is 519 g/mol. The van der Waals surface area contributed by atoms with Gasteiger partial charge in [-0.3, -0.25) is 0 Å². The zero-order chi connectivity index (χ0) is 21.2. The molecule has 0 bridgehead atoms. The Labute approximate surface area is 189 Å². The molecular weight excluding hydrogens is 489 g/mol. The van der Waals surface area contributed by atoms with Gasteiger partial charge in [-0.15, -0.1) is 0 Å². The molecule has 4 nitrogen and oxygen atoms in total. The summed E-state index contributed by atoms with van der Waals surface area (Å²) < 4.78 is 10.1. The van der Waals surface area contributed by atoms with E-state index in [0.29, 0.717) is 16.6 Å². The molecule has 6 heteroatoms. The summed E-state index contributed by atoms with van der Waals surface area (Å²) in [5.41, 5.74) is 3.43. The maximum absolute atomic E-state index is 7.00. The second-order valence-electron chi connectivity index (χ2n) is 8.39. The van der Waals surface area contributed by atoms with E-state index in [1.807, 2.05) is 22.9 Å². The van der Waals surface area contributed by atoms with E-state index in [1.165, 1.54) is 3.57 Å². The quantitative estimate of drug-likeness (QED) is 0.247. The molecule has 1 aromatic carbocycles. The molecule has 2 heterocycles. The fourth-order valence-electron chi connectivity index (χ4n) is 4.38. The van der Waals surface area contributed by atoms with Gasteiger partial charge >= 0.3 is 0 Å². The van der Waals surface area contributed by atoms with E-state index in [0.717, 1.165) is 23.0 Å². The van der Waals surface area contributed by atoms with Crippen molar-refractivity contribution in [2.24, 2.45) is 0 Å². The number of aromatic nitrogens is 3. The first-order chi connectivity index (χ1) is 13.8. The van der Waals surface area contributed by atoms with Crippen LogP contribution in [0.1, 0.15) is 41.5 Å². The van der Waals surface area contributed by atoms with Gasteiger partial charge in [-0.25, -0.2) is 4.98 Å². The molecule has 0 atom stereocenters. The van der Waals surface area contributed by atoms with Gasteiger partial charge in [0.15, 0.2) is 5.82 Å². The smallest absolute Gasteiger partial charge is 0.260 e. The van der Waals surface area contributed by atoms with Crippen molar-refractivity contribution in [1.82, 2.24) is 14.8 Å². The molecule has 0 fully saturated rings. The van der Waals surface area contributed by atoms with Crippen molar-refractivity contribution >= 4 is 30.9 Å². The minimum Gasteiger partial charge on any atom is -0.530 e. The van der Waals surface area contributed by atoms with Crippen molar-refractivity contribution in [3.05, 3.63) is 58.3 Å². The standard InChI is InChI=1S/C23H30IN3OSi/c1-16(2)29(17(3)4,18(5)6)28-23-15-21(19-10-12-20(24)13-11-19)26-27(23)22-9-7-8-14-25-22/h7-18H,1-6H3. The molecule has 0 N–H and O–H groups in total. The summed E-state index contributed by atoms with van der Waals surface area (Å²) >= 11 is 2.32. The highest BCUT2D eigenvalue weighted by Crippen LogP contribution is 2.43. The number of hydrogen-bond acceptors (Lipinski definition) is 3. The second-order valence-corrected chi connectivity index (χ2v) is 15.0. The molecule has 0 saturated carbocycles. The summed E-state index contributed by atoms with van der Waals surface area (Å²) in [6.07, 6.45) is 1.80. The molecule has 0 unspecified atom stereocenters. The SMILES string of the molecule is CC(C)[Si](Oc1cc(-c2ccc(I)cc2)nn1-c1ccccn1)(C(C)C)C(C)C. The lowest BCUT2D eigenvalue weighted by molar-refractivity contribution is 0.447. The third-order valence-corrected chi connectivity index (χ3v) is 12.4. The van der Waals surface area contributed by atoms with Crippen molar-refractivity contribution < 1.29 is 4.43 Å². The van der Waals surface area contributed by atoms with Crippen LogP contribution in [0.5, 0.6) is 5.88 Å². The zero-order valence-electron chi connectivity index (χ0n) is 18.1. The Hall–Kier alpha value is -1.67. The van der Waals surface area contributed by atoms with E-state index in [2.05, 4.69) is 99.4 Å². The van der Waals surface area contributed by atoms with Crippen molar-refractivity contribution in [1.29, 1.82) is 0 Å². The summed E-state index contributed by atoms with van der Waals surface area (Å²) in [7, 11) is -2.12. The van der Waals surface area contributed by atoms with Gasteiger partial charge in [0.25, 0.3) is 8.32 Å².